The van der Waals surface area contributed by atoms with Crippen molar-refractivity contribution in [3.63, 3.8) is 0 Å². The lowest BCUT2D eigenvalue weighted by molar-refractivity contribution is -0.142. The zero-order valence-corrected chi connectivity index (χ0v) is 40.4. The maximum Gasteiger partial charge on any atom is 0.308 e. The molecule has 0 bridgehead atoms. The number of aryl methyl sites for hydroxylation is 3. The highest BCUT2D eigenvalue weighted by atomic mass is 32.1. The van der Waals surface area contributed by atoms with Gasteiger partial charge in [0, 0.05) is 40.1 Å². The predicted octanol–water partition coefficient (Wildman–Crippen LogP) is 7.93. The second kappa shape index (κ2) is 18.7. The van der Waals surface area contributed by atoms with Gasteiger partial charge in [-0.2, -0.15) is 0 Å². The summed E-state index contributed by atoms with van der Waals surface area (Å²) in [7, 11) is 1.33. The van der Waals surface area contributed by atoms with Gasteiger partial charge in [0.1, 0.15) is 34.8 Å². The topological polar surface area (TPSA) is 181 Å². The molecule has 67 heavy (non-hydrogen) atoms. The molecule has 3 aromatic carbocycles. The Labute approximate surface area is 396 Å². The maximum absolute atomic E-state index is 16.1. The number of aromatic nitrogens is 4. The van der Waals surface area contributed by atoms with Crippen molar-refractivity contribution in [2.75, 3.05) is 13.7 Å². The van der Waals surface area contributed by atoms with E-state index < -0.39 is 65.2 Å². The summed E-state index contributed by atoms with van der Waals surface area (Å²) in [5, 5.41) is 26.2. The average molecular weight is 945 g/mol. The Balaban J connectivity index is 0.983. The number of ether oxygens (including phenoxy) is 1. The summed E-state index contributed by atoms with van der Waals surface area (Å²) < 4.78 is 23.1. The van der Waals surface area contributed by atoms with E-state index in [0.717, 1.165) is 54.3 Å². The molecular weight excluding hydrogens is 892 g/mol. The summed E-state index contributed by atoms with van der Waals surface area (Å²) in [4.78, 5) is 67.5. The first-order chi connectivity index (χ1) is 31.8. The number of nitrogens with zero attached hydrogens (tertiary/aromatic N) is 6. The normalized spacial score (nSPS) is 17.7. The van der Waals surface area contributed by atoms with Crippen molar-refractivity contribution in [1.82, 2.24) is 35.3 Å². The van der Waals surface area contributed by atoms with E-state index >= 15 is 4.39 Å². The fourth-order valence-corrected chi connectivity index (χ4v) is 10.7. The molecule has 1 fully saturated rings. The van der Waals surface area contributed by atoms with Crippen LogP contribution >= 0.6 is 22.7 Å². The third-order valence-corrected chi connectivity index (χ3v) is 14.7. The monoisotopic (exact) mass is 944 g/mol. The molecule has 0 saturated carbocycles. The fourth-order valence-electron chi connectivity index (χ4n) is 8.69. The summed E-state index contributed by atoms with van der Waals surface area (Å²) in [6, 6.07) is 16.1. The van der Waals surface area contributed by atoms with Gasteiger partial charge in [0.2, 0.25) is 11.8 Å². The van der Waals surface area contributed by atoms with Crippen molar-refractivity contribution in [1.29, 1.82) is 0 Å². The van der Waals surface area contributed by atoms with E-state index in [0.29, 0.717) is 22.9 Å². The van der Waals surface area contributed by atoms with Crippen LogP contribution in [0.15, 0.2) is 77.2 Å². The molecule has 2 aliphatic heterocycles. The number of thiophene rings is 1. The third kappa shape index (κ3) is 9.32. The molecule has 0 unspecified atom stereocenters. The highest BCUT2D eigenvalue weighted by molar-refractivity contribution is 7.15. The maximum atomic E-state index is 16.1. The number of hydrogen-bond acceptors (Lipinski definition) is 12. The number of β-amino-alcohol motifs (C(OH)–C–C–N with tert-alkyl or cyclic N) is 1. The number of benzene rings is 3. The van der Waals surface area contributed by atoms with E-state index in [-0.39, 0.29) is 30.5 Å². The molecule has 3 N–H and O–H groups in total. The van der Waals surface area contributed by atoms with Crippen molar-refractivity contribution < 1.29 is 33.4 Å². The van der Waals surface area contributed by atoms with Crippen molar-refractivity contribution >= 4 is 52.1 Å². The lowest BCUT2D eigenvalue weighted by Gasteiger charge is -2.35. The summed E-state index contributed by atoms with van der Waals surface area (Å²) in [6.45, 7) is 15.0. The Morgan fingerprint density at radius 2 is 1.63 bits per heavy atom. The molecule has 2 aliphatic rings. The smallest absolute Gasteiger partial charge is 0.308 e. The van der Waals surface area contributed by atoms with Crippen LogP contribution in [0.4, 0.5) is 4.39 Å². The van der Waals surface area contributed by atoms with E-state index in [2.05, 4.69) is 25.8 Å². The van der Waals surface area contributed by atoms with Gasteiger partial charge in [-0.25, -0.2) is 9.37 Å². The molecule has 14 nitrogen and oxygen atoms in total. The predicted molar refractivity (Wildman–Crippen MR) is 256 cm³/mol. The van der Waals surface area contributed by atoms with Crippen LogP contribution in [0.1, 0.15) is 107 Å². The Bertz CT molecular complexity index is 2920. The first-order valence-corrected chi connectivity index (χ1v) is 23.7. The molecule has 3 aromatic heterocycles. The molecule has 1 saturated heterocycles. The number of methoxy groups -OCH3 is 1. The zero-order valence-electron chi connectivity index (χ0n) is 38.8. The minimum Gasteiger partial charge on any atom is -0.469 e. The quantitative estimate of drug-likeness (QED) is 0.109. The number of hydrogen-bond donors (Lipinski definition) is 3. The standard InChI is InChI=1S/C50H53FN8O6S2/c1-25-28(4)67-49-41(25)42(54-38(22-40(61)65-9)45-57-56-29(5)59(45)49)32-14-12-31(13-15-32)36-19-18-34(20-37(36)51)46(62)55-44(50(6,7)8)48(64)58-23-35(60)21-39(58)47(63)53-26(2)30-10-16-33(17-11-30)43-27(3)52-24-66-43/h10-20,24,26,35,38-39,44,60H,21-23H2,1-9H3,(H,53,63)(H,55,62)/t26-,35+,38-,39-,44+/m0/s1. The van der Waals surface area contributed by atoms with Gasteiger partial charge in [-0.05, 0) is 74.4 Å². The summed E-state index contributed by atoms with van der Waals surface area (Å²) in [6.07, 6.45) is -0.947. The van der Waals surface area contributed by atoms with Gasteiger partial charge in [0.25, 0.3) is 5.91 Å². The highest BCUT2D eigenvalue weighted by Crippen LogP contribution is 2.40. The Morgan fingerprint density at radius 3 is 2.27 bits per heavy atom. The highest BCUT2D eigenvalue weighted by Gasteiger charge is 2.45. The van der Waals surface area contributed by atoms with E-state index in [9.17, 15) is 24.3 Å². The summed E-state index contributed by atoms with van der Waals surface area (Å²) in [5.74, 6) is -1.50. The molecular formula is C50H53FN8O6S2. The second-order valence-corrected chi connectivity index (χ2v) is 20.3. The largest absolute Gasteiger partial charge is 0.469 e. The number of nitrogens with one attached hydrogen (secondary N) is 2. The molecule has 0 radical (unpaired) electrons. The molecule has 8 rings (SSSR count). The number of fused-ring (bicyclic) bond motifs is 3. The molecule has 6 aromatic rings. The molecule has 5 atom stereocenters. The van der Waals surface area contributed by atoms with Crippen LogP contribution in [-0.2, 0) is 19.1 Å². The van der Waals surface area contributed by atoms with Crippen LogP contribution in [0.5, 0.6) is 0 Å². The lowest BCUT2D eigenvalue weighted by Crippen LogP contribution is -2.57. The number of rotatable bonds is 11. The number of amides is 3. The number of carbonyl (C=O) groups excluding carboxylic acids is 4. The Kier molecular flexibility index (Phi) is 13.1. The van der Waals surface area contributed by atoms with Gasteiger partial charge < -0.3 is 25.4 Å². The first kappa shape index (κ1) is 47.1. The van der Waals surface area contributed by atoms with Crippen LogP contribution < -0.4 is 10.6 Å². The lowest BCUT2D eigenvalue weighted by atomic mass is 9.85. The van der Waals surface area contributed by atoms with Gasteiger partial charge in [-0.3, -0.25) is 28.7 Å². The number of aliphatic imine (C=N–C) groups is 1. The number of aliphatic hydroxyl groups excluding tert-OH is 1. The van der Waals surface area contributed by atoms with Gasteiger partial charge in [0.05, 0.1) is 47.5 Å². The summed E-state index contributed by atoms with van der Waals surface area (Å²) >= 11 is 3.15. The van der Waals surface area contributed by atoms with E-state index in [1.165, 1.54) is 24.1 Å². The Morgan fingerprint density at radius 1 is 0.940 bits per heavy atom. The minimum absolute atomic E-state index is 0.00334. The molecule has 3 amide bonds. The Hall–Kier alpha value is -6.43. The van der Waals surface area contributed by atoms with Crippen molar-refractivity contribution in [3.05, 3.63) is 128 Å². The van der Waals surface area contributed by atoms with E-state index in [1.54, 1.807) is 61.1 Å². The molecule has 0 spiro atoms. The fraction of sp³-hybridized carbons (Fsp3) is 0.360. The minimum atomic E-state index is -1.12. The van der Waals surface area contributed by atoms with Gasteiger partial charge in [0.15, 0.2) is 5.82 Å². The number of aliphatic hydroxyl groups is 1. The van der Waals surface area contributed by atoms with Crippen molar-refractivity contribution in [2.24, 2.45) is 10.4 Å². The van der Waals surface area contributed by atoms with Crippen molar-refractivity contribution in [3.8, 4) is 26.6 Å². The number of likely N-dealkylation sites (tertiary alicyclic amines) is 1. The summed E-state index contributed by atoms with van der Waals surface area (Å²) in [5.41, 5.74) is 7.96. The zero-order chi connectivity index (χ0) is 48.1. The second-order valence-electron chi connectivity index (χ2n) is 18.2. The molecule has 0 aliphatic carbocycles. The first-order valence-electron chi connectivity index (χ1n) is 22.0. The van der Waals surface area contributed by atoms with Crippen LogP contribution in [0.25, 0.3) is 26.6 Å². The number of halogens is 1. The van der Waals surface area contributed by atoms with Crippen LogP contribution in [-0.4, -0.2) is 91.0 Å². The molecule has 5 heterocycles. The number of esters is 1. The van der Waals surface area contributed by atoms with Crippen LogP contribution in [0.2, 0.25) is 0 Å². The van der Waals surface area contributed by atoms with Gasteiger partial charge in [-0.15, -0.1) is 32.9 Å². The van der Waals surface area contributed by atoms with Crippen LogP contribution in [0, 0.1) is 38.9 Å². The van der Waals surface area contributed by atoms with Gasteiger partial charge >= 0.3 is 5.97 Å². The average Bonchev–Trinajstić information content (AvgIpc) is 4.07. The van der Waals surface area contributed by atoms with Crippen molar-refractivity contribution in [2.45, 2.75) is 98.5 Å². The number of carbonyl (C=O) groups is 4. The SMILES string of the molecule is COC(=O)C[C@@H]1N=C(c2ccc(-c3ccc(C(=O)N[C@H](C(=O)N4C[C@H](O)C[C@H]4C(=O)N[C@@H](C)c4ccc(-c5scnc5C)cc4)C(C)(C)C)cc3F)cc2)c2c(sc(C)c2C)-n2c(C)nnc21. The van der Waals surface area contributed by atoms with E-state index in [1.807, 2.05) is 75.6 Å². The third-order valence-electron chi connectivity index (χ3n) is 12.6. The molecule has 17 heteroatoms. The van der Waals surface area contributed by atoms with E-state index in [4.69, 9.17) is 9.73 Å². The molecule has 348 valence electrons. The number of thiazole rings is 1. The van der Waals surface area contributed by atoms with Crippen LogP contribution in [0.3, 0.4) is 0 Å². The van der Waals surface area contributed by atoms with Gasteiger partial charge in [-0.1, -0.05) is 75.4 Å².